The molecule has 0 saturated carbocycles. The van der Waals surface area contributed by atoms with Gasteiger partial charge in [0.1, 0.15) is 5.69 Å². The van der Waals surface area contributed by atoms with E-state index in [2.05, 4.69) is 48.4 Å². The number of hydrogen-bond donors (Lipinski definition) is 0. The SMILES string of the molecule is Cc1c(-c2ccc(C(C)C)cc2)nnn1C. The maximum atomic E-state index is 4.17. The second-order valence-electron chi connectivity index (χ2n) is 4.42. The Bertz CT molecular complexity index is 480. The van der Waals surface area contributed by atoms with Crippen LogP contribution in [0.2, 0.25) is 0 Å². The van der Waals surface area contributed by atoms with Crippen LogP contribution < -0.4 is 0 Å². The minimum atomic E-state index is 0.567. The van der Waals surface area contributed by atoms with Gasteiger partial charge in [0.05, 0.1) is 5.69 Å². The summed E-state index contributed by atoms with van der Waals surface area (Å²) in [7, 11) is 1.91. The maximum Gasteiger partial charge on any atom is 0.115 e. The van der Waals surface area contributed by atoms with Crippen molar-refractivity contribution in [2.45, 2.75) is 26.7 Å². The molecule has 2 rings (SSSR count). The van der Waals surface area contributed by atoms with E-state index >= 15 is 0 Å². The highest BCUT2D eigenvalue weighted by molar-refractivity contribution is 5.61. The van der Waals surface area contributed by atoms with Crippen LogP contribution in [0.25, 0.3) is 11.3 Å². The number of benzene rings is 1. The van der Waals surface area contributed by atoms with Gasteiger partial charge in [0, 0.05) is 12.6 Å². The van der Waals surface area contributed by atoms with Gasteiger partial charge in [-0.2, -0.15) is 0 Å². The Hall–Kier alpha value is -1.64. The lowest BCUT2D eigenvalue weighted by Crippen LogP contribution is -1.92. The third-order valence-electron chi connectivity index (χ3n) is 2.96. The first-order chi connectivity index (χ1) is 7.59. The summed E-state index contributed by atoms with van der Waals surface area (Å²) in [6.45, 7) is 6.43. The van der Waals surface area contributed by atoms with Gasteiger partial charge in [-0.05, 0) is 18.4 Å². The van der Waals surface area contributed by atoms with E-state index in [-0.39, 0.29) is 0 Å². The topological polar surface area (TPSA) is 30.7 Å². The van der Waals surface area contributed by atoms with E-state index in [1.54, 1.807) is 4.68 Å². The molecule has 3 nitrogen and oxygen atoms in total. The van der Waals surface area contributed by atoms with Crippen LogP contribution in [0, 0.1) is 6.92 Å². The van der Waals surface area contributed by atoms with Crippen LogP contribution in [0.15, 0.2) is 24.3 Å². The van der Waals surface area contributed by atoms with Crippen molar-refractivity contribution in [2.75, 3.05) is 0 Å². The first-order valence-electron chi connectivity index (χ1n) is 5.56. The number of aryl methyl sites for hydroxylation is 1. The molecule has 0 saturated heterocycles. The lowest BCUT2D eigenvalue weighted by molar-refractivity contribution is 0.696. The third kappa shape index (κ3) is 1.85. The normalized spacial score (nSPS) is 11.1. The molecule has 0 atom stereocenters. The fourth-order valence-electron chi connectivity index (χ4n) is 1.70. The highest BCUT2D eigenvalue weighted by Gasteiger charge is 2.08. The molecule has 0 radical (unpaired) electrons. The molecule has 84 valence electrons. The predicted molar refractivity (Wildman–Crippen MR) is 65.3 cm³/mol. The molecule has 0 fully saturated rings. The Morgan fingerprint density at radius 1 is 1.12 bits per heavy atom. The zero-order valence-electron chi connectivity index (χ0n) is 10.2. The molecule has 0 bridgehead atoms. The molecule has 0 aliphatic rings. The molecule has 0 unspecified atom stereocenters. The molecule has 0 N–H and O–H groups in total. The Balaban J connectivity index is 2.38. The van der Waals surface area contributed by atoms with E-state index in [4.69, 9.17) is 0 Å². The summed E-state index contributed by atoms with van der Waals surface area (Å²) in [6, 6.07) is 8.56. The van der Waals surface area contributed by atoms with Crippen molar-refractivity contribution in [2.24, 2.45) is 7.05 Å². The van der Waals surface area contributed by atoms with Crippen LogP contribution in [0.3, 0.4) is 0 Å². The van der Waals surface area contributed by atoms with Gasteiger partial charge in [0.15, 0.2) is 0 Å². The van der Waals surface area contributed by atoms with Crippen molar-refractivity contribution in [1.82, 2.24) is 15.0 Å². The van der Waals surface area contributed by atoms with Crippen LogP contribution >= 0.6 is 0 Å². The third-order valence-corrected chi connectivity index (χ3v) is 2.96. The van der Waals surface area contributed by atoms with Gasteiger partial charge in [-0.1, -0.05) is 43.3 Å². The van der Waals surface area contributed by atoms with E-state index < -0.39 is 0 Å². The van der Waals surface area contributed by atoms with Crippen molar-refractivity contribution in [3.05, 3.63) is 35.5 Å². The number of rotatable bonds is 2. The number of aromatic nitrogens is 3. The summed E-state index contributed by atoms with van der Waals surface area (Å²) >= 11 is 0. The molecule has 0 aliphatic carbocycles. The minimum Gasteiger partial charge on any atom is -0.252 e. The van der Waals surface area contributed by atoms with E-state index in [0.717, 1.165) is 17.0 Å². The fraction of sp³-hybridized carbons (Fsp3) is 0.385. The monoisotopic (exact) mass is 215 g/mol. The Labute approximate surface area is 96.1 Å². The standard InChI is InChI=1S/C13H17N3/c1-9(2)11-5-7-12(8-6-11)13-10(3)16(4)15-14-13/h5-9H,1-4H3. The second-order valence-corrected chi connectivity index (χ2v) is 4.42. The molecule has 0 aliphatic heterocycles. The maximum absolute atomic E-state index is 4.17. The smallest absolute Gasteiger partial charge is 0.115 e. The molecule has 1 aromatic carbocycles. The van der Waals surface area contributed by atoms with Crippen molar-refractivity contribution in [3.8, 4) is 11.3 Å². The van der Waals surface area contributed by atoms with Crippen molar-refractivity contribution < 1.29 is 0 Å². The van der Waals surface area contributed by atoms with Crippen LogP contribution in [0.5, 0.6) is 0 Å². The van der Waals surface area contributed by atoms with Gasteiger partial charge in [0.25, 0.3) is 0 Å². The molecule has 0 spiro atoms. The average Bonchev–Trinajstić information content (AvgIpc) is 2.60. The fourth-order valence-corrected chi connectivity index (χ4v) is 1.70. The Morgan fingerprint density at radius 2 is 1.75 bits per heavy atom. The first-order valence-corrected chi connectivity index (χ1v) is 5.56. The van der Waals surface area contributed by atoms with Gasteiger partial charge in [-0.15, -0.1) is 5.10 Å². The lowest BCUT2D eigenvalue weighted by atomic mass is 10.0. The Kier molecular flexibility index (Phi) is 2.77. The highest BCUT2D eigenvalue weighted by Crippen LogP contribution is 2.22. The summed E-state index contributed by atoms with van der Waals surface area (Å²) in [4.78, 5) is 0. The molecular weight excluding hydrogens is 198 g/mol. The van der Waals surface area contributed by atoms with Crippen LogP contribution in [0.1, 0.15) is 31.0 Å². The number of hydrogen-bond acceptors (Lipinski definition) is 2. The molecular formula is C13H17N3. The summed E-state index contributed by atoms with van der Waals surface area (Å²) in [6.07, 6.45) is 0. The van der Waals surface area contributed by atoms with Gasteiger partial charge in [-0.3, -0.25) is 4.68 Å². The molecule has 0 amide bonds. The van der Waals surface area contributed by atoms with E-state index in [1.165, 1.54) is 5.56 Å². The average molecular weight is 215 g/mol. The van der Waals surface area contributed by atoms with E-state index in [0.29, 0.717) is 5.92 Å². The van der Waals surface area contributed by atoms with Crippen LogP contribution in [0.4, 0.5) is 0 Å². The number of nitrogens with zero attached hydrogens (tertiary/aromatic N) is 3. The van der Waals surface area contributed by atoms with Gasteiger partial charge in [0.2, 0.25) is 0 Å². The van der Waals surface area contributed by atoms with Crippen LogP contribution in [-0.2, 0) is 7.05 Å². The van der Waals surface area contributed by atoms with Gasteiger partial charge >= 0.3 is 0 Å². The molecule has 2 aromatic rings. The minimum absolute atomic E-state index is 0.567. The molecule has 16 heavy (non-hydrogen) atoms. The predicted octanol–water partition coefficient (Wildman–Crippen LogP) is 2.91. The quantitative estimate of drug-likeness (QED) is 0.771. The summed E-state index contributed by atoms with van der Waals surface area (Å²) in [5, 5.41) is 8.19. The van der Waals surface area contributed by atoms with Gasteiger partial charge in [-0.25, -0.2) is 0 Å². The molecule has 1 aromatic heterocycles. The molecule has 3 heteroatoms. The first kappa shape index (κ1) is 10.9. The van der Waals surface area contributed by atoms with Crippen molar-refractivity contribution >= 4 is 0 Å². The Morgan fingerprint density at radius 3 is 2.19 bits per heavy atom. The van der Waals surface area contributed by atoms with Crippen molar-refractivity contribution in [3.63, 3.8) is 0 Å². The van der Waals surface area contributed by atoms with E-state index in [9.17, 15) is 0 Å². The second kappa shape index (κ2) is 4.08. The summed E-state index contributed by atoms with van der Waals surface area (Å²) in [5.74, 6) is 0.567. The highest BCUT2D eigenvalue weighted by atomic mass is 15.4. The van der Waals surface area contributed by atoms with Gasteiger partial charge < -0.3 is 0 Å². The van der Waals surface area contributed by atoms with Crippen molar-refractivity contribution in [1.29, 1.82) is 0 Å². The zero-order valence-corrected chi connectivity index (χ0v) is 10.2. The summed E-state index contributed by atoms with van der Waals surface area (Å²) in [5.41, 5.74) is 4.55. The largest absolute Gasteiger partial charge is 0.252 e. The summed E-state index contributed by atoms with van der Waals surface area (Å²) < 4.78 is 1.80. The molecule has 1 heterocycles. The van der Waals surface area contributed by atoms with Crippen LogP contribution in [-0.4, -0.2) is 15.0 Å². The lowest BCUT2D eigenvalue weighted by Gasteiger charge is -2.05. The zero-order chi connectivity index (χ0) is 11.7. The van der Waals surface area contributed by atoms with E-state index in [1.807, 2.05) is 14.0 Å².